The lowest BCUT2D eigenvalue weighted by Gasteiger charge is -2.39. The highest BCUT2D eigenvalue weighted by Crippen LogP contribution is 2.38. The maximum atomic E-state index is 11.3. The Morgan fingerprint density at radius 2 is 2.15 bits per heavy atom. The molecule has 76 valence electrons. The molecule has 0 radical (unpaired) electrons. The van der Waals surface area contributed by atoms with Gasteiger partial charge in [0.25, 0.3) is 0 Å². The molecule has 1 fully saturated rings. The van der Waals surface area contributed by atoms with Gasteiger partial charge in [-0.2, -0.15) is 0 Å². The van der Waals surface area contributed by atoms with Crippen molar-refractivity contribution in [2.45, 2.75) is 44.6 Å². The second-order valence-corrected chi connectivity index (χ2v) is 3.64. The summed E-state index contributed by atoms with van der Waals surface area (Å²) >= 11 is 0. The zero-order valence-electron chi connectivity index (χ0n) is 8.47. The van der Waals surface area contributed by atoms with Crippen molar-refractivity contribution in [3.63, 3.8) is 0 Å². The molecule has 0 aromatic carbocycles. The molecule has 0 spiro atoms. The molecule has 0 bridgehead atoms. The van der Waals surface area contributed by atoms with Crippen LogP contribution >= 0.6 is 0 Å². The smallest absolute Gasteiger partial charge is 0.308 e. The first kappa shape index (κ1) is 10.5. The third-order valence-corrected chi connectivity index (χ3v) is 2.63. The van der Waals surface area contributed by atoms with Gasteiger partial charge < -0.3 is 9.47 Å². The predicted octanol–water partition coefficient (Wildman–Crippen LogP) is 1.90. The molecule has 0 aromatic heterocycles. The topological polar surface area (TPSA) is 35.5 Å². The Labute approximate surface area is 79.4 Å². The van der Waals surface area contributed by atoms with Gasteiger partial charge >= 0.3 is 5.97 Å². The van der Waals surface area contributed by atoms with Crippen LogP contribution in [0.4, 0.5) is 0 Å². The van der Waals surface area contributed by atoms with E-state index in [4.69, 9.17) is 9.47 Å². The molecule has 1 rings (SSSR count). The van der Waals surface area contributed by atoms with Crippen molar-refractivity contribution >= 4 is 5.97 Å². The van der Waals surface area contributed by atoms with Gasteiger partial charge in [0.1, 0.15) is 0 Å². The quantitative estimate of drug-likeness (QED) is 0.615. The van der Waals surface area contributed by atoms with Crippen molar-refractivity contribution < 1.29 is 14.3 Å². The molecule has 0 aromatic rings. The van der Waals surface area contributed by atoms with Crippen molar-refractivity contribution in [3.05, 3.63) is 0 Å². The van der Waals surface area contributed by atoms with Gasteiger partial charge in [-0.05, 0) is 25.7 Å². The van der Waals surface area contributed by atoms with E-state index in [0.29, 0.717) is 13.0 Å². The molecule has 0 atom stereocenters. The van der Waals surface area contributed by atoms with E-state index < -0.39 is 0 Å². The Morgan fingerprint density at radius 3 is 2.54 bits per heavy atom. The van der Waals surface area contributed by atoms with Crippen molar-refractivity contribution in [2.75, 3.05) is 13.7 Å². The van der Waals surface area contributed by atoms with Crippen LogP contribution in [0.5, 0.6) is 0 Å². The Balaban J connectivity index is 2.25. The number of carbonyl (C=O) groups excluding carboxylic acids is 1. The van der Waals surface area contributed by atoms with Gasteiger partial charge in [-0.3, -0.25) is 4.79 Å². The van der Waals surface area contributed by atoms with Crippen molar-refractivity contribution in [1.29, 1.82) is 0 Å². The molecule has 1 saturated carbocycles. The summed E-state index contributed by atoms with van der Waals surface area (Å²) in [6.07, 6.45) is 4.44. The predicted molar refractivity (Wildman–Crippen MR) is 49.5 cm³/mol. The third kappa shape index (κ3) is 2.69. The molecule has 0 N–H and O–H groups in total. The van der Waals surface area contributed by atoms with Gasteiger partial charge in [0.15, 0.2) is 0 Å². The van der Waals surface area contributed by atoms with Crippen LogP contribution in [0.25, 0.3) is 0 Å². The summed E-state index contributed by atoms with van der Waals surface area (Å²) in [6, 6.07) is 0. The van der Waals surface area contributed by atoms with E-state index in [1.165, 1.54) is 0 Å². The Kier molecular flexibility index (Phi) is 3.72. The largest absolute Gasteiger partial charge is 0.466 e. The van der Waals surface area contributed by atoms with E-state index in [9.17, 15) is 4.79 Å². The minimum Gasteiger partial charge on any atom is -0.466 e. The summed E-state index contributed by atoms with van der Waals surface area (Å²) < 4.78 is 10.3. The fraction of sp³-hybridized carbons (Fsp3) is 0.900. The van der Waals surface area contributed by atoms with E-state index in [2.05, 4.69) is 0 Å². The minimum absolute atomic E-state index is 0.122. The molecule has 3 heteroatoms. The molecule has 0 aliphatic heterocycles. The first-order valence-electron chi connectivity index (χ1n) is 4.93. The van der Waals surface area contributed by atoms with Gasteiger partial charge in [0.05, 0.1) is 18.6 Å². The van der Waals surface area contributed by atoms with Gasteiger partial charge in [-0.1, -0.05) is 6.92 Å². The van der Waals surface area contributed by atoms with Gasteiger partial charge in [0.2, 0.25) is 0 Å². The maximum Gasteiger partial charge on any atom is 0.308 e. The standard InChI is InChI=1S/C10H18O3/c1-3-7-13-9(11)8-10(12-2)5-4-6-10/h3-8H2,1-2H3. The first-order chi connectivity index (χ1) is 6.22. The second-order valence-electron chi connectivity index (χ2n) is 3.64. The molecule has 1 aliphatic carbocycles. The molecular formula is C10H18O3. The fourth-order valence-electron chi connectivity index (χ4n) is 1.55. The van der Waals surface area contributed by atoms with Gasteiger partial charge in [0, 0.05) is 7.11 Å². The van der Waals surface area contributed by atoms with Crippen LogP contribution in [0.2, 0.25) is 0 Å². The highest BCUT2D eigenvalue weighted by molar-refractivity contribution is 5.70. The lowest BCUT2D eigenvalue weighted by Crippen LogP contribution is -2.41. The molecular weight excluding hydrogens is 168 g/mol. The highest BCUT2D eigenvalue weighted by atomic mass is 16.5. The fourth-order valence-corrected chi connectivity index (χ4v) is 1.55. The Morgan fingerprint density at radius 1 is 1.46 bits per heavy atom. The van der Waals surface area contributed by atoms with Gasteiger partial charge in [-0.15, -0.1) is 0 Å². The van der Waals surface area contributed by atoms with Crippen LogP contribution in [-0.2, 0) is 14.3 Å². The Bertz CT molecular complexity index is 167. The van der Waals surface area contributed by atoms with Crippen molar-refractivity contribution in [1.82, 2.24) is 0 Å². The van der Waals surface area contributed by atoms with Crippen LogP contribution in [0.1, 0.15) is 39.0 Å². The average molecular weight is 186 g/mol. The van der Waals surface area contributed by atoms with Crippen LogP contribution < -0.4 is 0 Å². The number of ether oxygens (including phenoxy) is 2. The number of methoxy groups -OCH3 is 1. The number of hydrogen-bond donors (Lipinski definition) is 0. The van der Waals surface area contributed by atoms with Crippen molar-refractivity contribution in [3.8, 4) is 0 Å². The van der Waals surface area contributed by atoms with Gasteiger partial charge in [-0.25, -0.2) is 0 Å². The molecule has 0 saturated heterocycles. The lowest BCUT2D eigenvalue weighted by molar-refractivity contribution is -0.156. The molecule has 3 nitrogen and oxygen atoms in total. The first-order valence-corrected chi connectivity index (χ1v) is 4.93. The van der Waals surface area contributed by atoms with Crippen LogP contribution in [0.15, 0.2) is 0 Å². The SMILES string of the molecule is CCCOC(=O)CC1(OC)CCC1. The maximum absolute atomic E-state index is 11.3. The average Bonchev–Trinajstić information content (AvgIpc) is 2.08. The third-order valence-electron chi connectivity index (χ3n) is 2.63. The molecule has 0 amide bonds. The normalized spacial score (nSPS) is 19.2. The number of hydrogen-bond acceptors (Lipinski definition) is 3. The highest BCUT2D eigenvalue weighted by Gasteiger charge is 2.39. The summed E-state index contributed by atoms with van der Waals surface area (Å²) in [5.41, 5.74) is -0.190. The molecule has 13 heavy (non-hydrogen) atoms. The number of esters is 1. The van der Waals surface area contributed by atoms with Crippen LogP contribution in [0, 0.1) is 0 Å². The zero-order chi connectivity index (χ0) is 9.73. The van der Waals surface area contributed by atoms with Crippen LogP contribution in [0.3, 0.4) is 0 Å². The van der Waals surface area contributed by atoms with E-state index in [1.807, 2.05) is 6.92 Å². The van der Waals surface area contributed by atoms with E-state index in [-0.39, 0.29) is 11.6 Å². The number of carbonyl (C=O) groups is 1. The minimum atomic E-state index is -0.190. The summed E-state index contributed by atoms with van der Waals surface area (Å²) in [7, 11) is 1.67. The van der Waals surface area contributed by atoms with E-state index >= 15 is 0 Å². The molecule has 1 aliphatic rings. The number of rotatable bonds is 5. The zero-order valence-corrected chi connectivity index (χ0v) is 8.47. The van der Waals surface area contributed by atoms with E-state index in [1.54, 1.807) is 7.11 Å². The van der Waals surface area contributed by atoms with Crippen LogP contribution in [-0.4, -0.2) is 25.3 Å². The molecule has 0 heterocycles. The summed E-state index contributed by atoms with van der Waals surface area (Å²) in [6.45, 7) is 2.52. The molecule has 0 unspecified atom stereocenters. The van der Waals surface area contributed by atoms with Crippen molar-refractivity contribution in [2.24, 2.45) is 0 Å². The Hall–Kier alpha value is -0.570. The lowest BCUT2D eigenvalue weighted by atomic mass is 9.77. The second kappa shape index (κ2) is 4.61. The summed E-state index contributed by atoms with van der Waals surface area (Å²) in [5, 5.41) is 0. The monoisotopic (exact) mass is 186 g/mol. The summed E-state index contributed by atoms with van der Waals surface area (Å²) in [4.78, 5) is 11.3. The van der Waals surface area contributed by atoms with E-state index in [0.717, 1.165) is 25.7 Å². The summed E-state index contributed by atoms with van der Waals surface area (Å²) in [5.74, 6) is -0.122.